The minimum absolute atomic E-state index is 0.140. The number of hydrogen-bond donors (Lipinski definition) is 1. The lowest BCUT2D eigenvalue weighted by Crippen LogP contribution is -2.35. The van der Waals surface area contributed by atoms with Crippen molar-refractivity contribution in [1.82, 2.24) is 5.32 Å². The Morgan fingerprint density at radius 2 is 1.62 bits per heavy atom. The van der Waals surface area contributed by atoms with E-state index in [2.05, 4.69) is 31.3 Å². The molecule has 2 rings (SSSR count). The van der Waals surface area contributed by atoms with Gasteiger partial charge in [0.2, 0.25) is 0 Å². The van der Waals surface area contributed by atoms with Crippen molar-refractivity contribution in [2.45, 2.75) is 39.8 Å². The zero-order valence-electron chi connectivity index (χ0n) is 13.2. The Hall–Kier alpha value is -1.93. The number of aryl methyl sites for hydroxylation is 2. The number of carbonyl (C=O) groups is 1. The van der Waals surface area contributed by atoms with Crippen LogP contribution in [-0.4, -0.2) is 11.8 Å². The maximum Gasteiger partial charge on any atom is 0.179 e. The molecule has 2 aromatic rings. The second kappa shape index (κ2) is 6.68. The molecule has 0 saturated heterocycles. The molecule has 2 atom stereocenters. The van der Waals surface area contributed by atoms with Gasteiger partial charge in [-0.25, -0.2) is 0 Å². The fourth-order valence-electron chi connectivity index (χ4n) is 2.43. The van der Waals surface area contributed by atoms with E-state index >= 15 is 0 Å². The highest BCUT2D eigenvalue weighted by molar-refractivity contribution is 6.00. The molecule has 0 aromatic heterocycles. The summed E-state index contributed by atoms with van der Waals surface area (Å²) in [4.78, 5) is 12.5. The van der Waals surface area contributed by atoms with Gasteiger partial charge in [0.05, 0.1) is 6.04 Å². The van der Waals surface area contributed by atoms with Gasteiger partial charge in [-0.15, -0.1) is 0 Å². The van der Waals surface area contributed by atoms with Crippen LogP contribution in [0.4, 0.5) is 0 Å². The molecule has 110 valence electrons. The predicted octanol–water partition coefficient (Wildman–Crippen LogP) is 4.23. The molecule has 0 fully saturated rings. The molecule has 0 amide bonds. The van der Waals surface area contributed by atoms with Crippen LogP contribution in [0.15, 0.2) is 48.5 Å². The Balaban J connectivity index is 2.07. The van der Waals surface area contributed by atoms with Crippen molar-refractivity contribution >= 4 is 5.78 Å². The molecule has 0 aliphatic rings. The highest BCUT2D eigenvalue weighted by Gasteiger charge is 2.18. The van der Waals surface area contributed by atoms with Gasteiger partial charge in [0, 0.05) is 11.6 Å². The molecule has 0 aliphatic carbocycles. The predicted molar refractivity (Wildman–Crippen MR) is 87.7 cm³/mol. The van der Waals surface area contributed by atoms with Crippen LogP contribution in [0.2, 0.25) is 0 Å². The SMILES string of the molecule is Cc1ccc(C(=O)C(C)NC(C)c2ccccc2)cc1C. The molecule has 0 saturated carbocycles. The monoisotopic (exact) mass is 281 g/mol. The number of rotatable bonds is 5. The zero-order valence-corrected chi connectivity index (χ0v) is 13.2. The summed E-state index contributed by atoms with van der Waals surface area (Å²) < 4.78 is 0. The Kier molecular flexibility index (Phi) is 4.92. The summed E-state index contributed by atoms with van der Waals surface area (Å²) in [6.45, 7) is 8.11. The Morgan fingerprint density at radius 3 is 2.24 bits per heavy atom. The minimum atomic E-state index is -0.206. The first kappa shape index (κ1) is 15.5. The van der Waals surface area contributed by atoms with E-state index in [9.17, 15) is 4.79 Å². The van der Waals surface area contributed by atoms with Gasteiger partial charge in [0.15, 0.2) is 5.78 Å². The van der Waals surface area contributed by atoms with Crippen molar-refractivity contribution in [1.29, 1.82) is 0 Å². The van der Waals surface area contributed by atoms with E-state index < -0.39 is 0 Å². The summed E-state index contributed by atoms with van der Waals surface area (Å²) >= 11 is 0. The van der Waals surface area contributed by atoms with Crippen LogP contribution in [0.1, 0.15) is 46.9 Å². The molecule has 0 heterocycles. The molecule has 21 heavy (non-hydrogen) atoms. The van der Waals surface area contributed by atoms with Gasteiger partial charge in [0.25, 0.3) is 0 Å². The molecule has 0 spiro atoms. The van der Waals surface area contributed by atoms with Gasteiger partial charge in [0.1, 0.15) is 0 Å². The van der Waals surface area contributed by atoms with Gasteiger partial charge in [-0.05, 0) is 50.5 Å². The number of Topliss-reactive ketones (excluding diaryl/α,β-unsaturated/α-hetero) is 1. The standard InChI is InChI=1S/C19H23NO/c1-13-10-11-18(12-14(13)2)19(21)16(4)20-15(3)17-8-6-5-7-9-17/h5-12,15-16,20H,1-4H3. The molecular weight excluding hydrogens is 258 g/mol. The zero-order chi connectivity index (χ0) is 15.4. The summed E-state index contributed by atoms with van der Waals surface area (Å²) in [5.41, 5.74) is 4.34. The Labute approximate surface area is 127 Å². The number of carbonyl (C=O) groups excluding carboxylic acids is 1. The fraction of sp³-hybridized carbons (Fsp3) is 0.316. The van der Waals surface area contributed by atoms with Crippen LogP contribution in [0.25, 0.3) is 0 Å². The highest BCUT2D eigenvalue weighted by Crippen LogP contribution is 2.15. The smallest absolute Gasteiger partial charge is 0.179 e. The third-order valence-electron chi connectivity index (χ3n) is 3.98. The van der Waals surface area contributed by atoms with E-state index in [1.165, 1.54) is 11.1 Å². The maximum atomic E-state index is 12.5. The van der Waals surface area contributed by atoms with Crippen LogP contribution in [-0.2, 0) is 0 Å². The van der Waals surface area contributed by atoms with Gasteiger partial charge in [-0.1, -0.05) is 42.5 Å². The van der Waals surface area contributed by atoms with Crippen LogP contribution in [0.3, 0.4) is 0 Å². The third kappa shape index (κ3) is 3.79. The van der Waals surface area contributed by atoms with E-state index in [1.807, 2.05) is 50.2 Å². The first-order valence-electron chi connectivity index (χ1n) is 7.41. The van der Waals surface area contributed by atoms with Crippen LogP contribution >= 0.6 is 0 Å². The molecule has 2 unspecified atom stereocenters. The molecule has 1 N–H and O–H groups in total. The van der Waals surface area contributed by atoms with Crippen molar-refractivity contribution in [3.8, 4) is 0 Å². The maximum absolute atomic E-state index is 12.5. The molecule has 0 aliphatic heterocycles. The van der Waals surface area contributed by atoms with Gasteiger partial charge in [-0.3, -0.25) is 4.79 Å². The van der Waals surface area contributed by atoms with E-state index in [4.69, 9.17) is 0 Å². The summed E-state index contributed by atoms with van der Waals surface area (Å²) in [5, 5.41) is 3.38. The van der Waals surface area contributed by atoms with Crippen LogP contribution in [0.5, 0.6) is 0 Å². The lowest BCUT2D eigenvalue weighted by molar-refractivity contribution is 0.0945. The largest absolute Gasteiger partial charge is 0.301 e. The average Bonchev–Trinajstić information content (AvgIpc) is 2.50. The van der Waals surface area contributed by atoms with Gasteiger partial charge >= 0.3 is 0 Å². The molecular formula is C19H23NO. The van der Waals surface area contributed by atoms with E-state index in [-0.39, 0.29) is 17.9 Å². The molecule has 2 aromatic carbocycles. The molecule has 2 nitrogen and oxygen atoms in total. The summed E-state index contributed by atoms with van der Waals surface area (Å²) in [5.74, 6) is 0.140. The Bertz CT molecular complexity index is 619. The average molecular weight is 281 g/mol. The lowest BCUT2D eigenvalue weighted by Gasteiger charge is -2.20. The van der Waals surface area contributed by atoms with Crippen molar-refractivity contribution in [2.75, 3.05) is 0 Å². The van der Waals surface area contributed by atoms with E-state index in [0.29, 0.717) is 0 Å². The first-order valence-corrected chi connectivity index (χ1v) is 7.41. The number of nitrogens with one attached hydrogen (secondary N) is 1. The minimum Gasteiger partial charge on any atom is -0.301 e. The summed E-state index contributed by atoms with van der Waals surface area (Å²) in [6, 6.07) is 16.0. The number of ketones is 1. The summed E-state index contributed by atoms with van der Waals surface area (Å²) in [6.07, 6.45) is 0. The van der Waals surface area contributed by atoms with Crippen molar-refractivity contribution in [3.63, 3.8) is 0 Å². The highest BCUT2D eigenvalue weighted by atomic mass is 16.1. The second-order valence-electron chi connectivity index (χ2n) is 5.68. The number of benzene rings is 2. The van der Waals surface area contributed by atoms with Crippen LogP contribution < -0.4 is 5.32 Å². The third-order valence-corrected chi connectivity index (χ3v) is 3.98. The summed E-state index contributed by atoms with van der Waals surface area (Å²) in [7, 11) is 0. The van der Waals surface area contributed by atoms with Crippen molar-refractivity contribution in [3.05, 3.63) is 70.8 Å². The quantitative estimate of drug-likeness (QED) is 0.831. The van der Waals surface area contributed by atoms with Gasteiger partial charge in [-0.2, -0.15) is 0 Å². The normalized spacial score (nSPS) is 13.7. The molecule has 0 radical (unpaired) electrons. The lowest BCUT2D eigenvalue weighted by atomic mass is 9.99. The number of hydrogen-bond acceptors (Lipinski definition) is 2. The van der Waals surface area contributed by atoms with E-state index in [0.717, 1.165) is 11.1 Å². The topological polar surface area (TPSA) is 29.1 Å². The molecule has 0 bridgehead atoms. The molecule has 2 heteroatoms. The second-order valence-corrected chi connectivity index (χ2v) is 5.68. The fourth-order valence-corrected chi connectivity index (χ4v) is 2.43. The first-order chi connectivity index (χ1) is 9.99. The van der Waals surface area contributed by atoms with Crippen LogP contribution in [0, 0.1) is 13.8 Å². The van der Waals surface area contributed by atoms with Gasteiger partial charge < -0.3 is 5.32 Å². The Morgan fingerprint density at radius 1 is 0.952 bits per heavy atom. The van der Waals surface area contributed by atoms with Crippen molar-refractivity contribution in [2.24, 2.45) is 0 Å². The van der Waals surface area contributed by atoms with Crippen molar-refractivity contribution < 1.29 is 4.79 Å². The van der Waals surface area contributed by atoms with E-state index in [1.54, 1.807) is 0 Å².